The van der Waals surface area contributed by atoms with Gasteiger partial charge in [-0.25, -0.2) is 23.1 Å². The number of nitrogens with one attached hydrogen (secondary N) is 1. The fourth-order valence-corrected chi connectivity index (χ4v) is 5.22. The van der Waals surface area contributed by atoms with Gasteiger partial charge in [-0.05, 0) is 23.9 Å². The van der Waals surface area contributed by atoms with E-state index in [1.54, 1.807) is 34.6 Å². The van der Waals surface area contributed by atoms with Crippen molar-refractivity contribution < 1.29 is 8.42 Å². The van der Waals surface area contributed by atoms with Crippen molar-refractivity contribution in [2.24, 2.45) is 7.05 Å². The van der Waals surface area contributed by atoms with Crippen molar-refractivity contribution in [3.63, 3.8) is 0 Å². The summed E-state index contributed by atoms with van der Waals surface area (Å²) >= 11 is 1.22. The average Bonchev–Trinajstić information content (AvgIpc) is 3.36. The number of nitrogens with zero attached hydrogens (tertiary/aromatic N) is 5. The quantitative estimate of drug-likeness (QED) is 0.710. The van der Waals surface area contributed by atoms with Gasteiger partial charge in [-0.3, -0.25) is 4.68 Å². The maximum atomic E-state index is 12.4. The van der Waals surface area contributed by atoms with Gasteiger partial charge in [-0.15, -0.1) is 11.3 Å². The van der Waals surface area contributed by atoms with Crippen LogP contribution in [0.25, 0.3) is 11.3 Å². The molecule has 136 valence electrons. The molecule has 8 nitrogen and oxygen atoms in total. The smallest absolute Gasteiger partial charge is 0.250 e. The minimum absolute atomic E-state index is 0.159. The van der Waals surface area contributed by atoms with E-state index in [0.29, 0.717) is 29.7 Å². The third kappa shape index (κ3) is 3.48. The molecule has 1 fully saturated rings. The van der Waals surface area contributed by atoms with Crippen LogP contribution in [0.3, 0.4) is 0 Å². The number of thiophene rings is 1. The van der Waals surface area contributed by atoms with E-state index in [4.69, 9.17) is 0 Å². The lowest BCUT2D eigenvalue weighted by Crippen LogP contribution is -2.37. The summed E-state index contributed by atoms with van der Waals surface area (Å²) in [6.45, 7) is 1.25. The van der Waals surface area contributed by atoms with Crippen molar-refractivity contribution >= 4 is 27.3 Å². The molecule has 4 rings (SSSR count). The second-order valence-corrected chi connectivity index (χ2v) is 9.02. The topological polar surface area (TPSA) is 93.0 Å². The molecule has 4 heterocycles. The second-order valence-electron chi connectivity index (χ2n) is 6.13. The molecule has 1 N–H and O–H groups in total. The van der Waals surface area contributed by atoms with Crippen LogP contribution in [0.2, 0.25) is 0 Å². The highest BCUT2D eigenvalue weighted by Gasteiger charge is 2.29. The summed E-state index contributed by atoms with van der Waals surface area (Å²) in [4.78, 5) is 11.0. The number of anilines is 1. The molecule has 0 aromatic carbocycles. The molecular weight excluding hydrogens is 372 g/mol. The van der Waals surface area contributed by atoms with Crippen LogP contribution in [0.1, 0.15) is 6.42 Å². The molecule has 1 atom stereocenters. The molecule has 1 unspecified atom stereocenters. The van der Waals surface area contributed by atoms with Crippen LogP contribution < -0.4 is 9.62 Å². The predicted octanol–water partition coefficient (Wildman–Crippen LogP) is 1.50. The molecule has 0 saturated carbocycles. The lowest BCUT2D eigenvalue weighted by molar-refractivity contribution is 0.563. The molecule has 10 heteroatoms. The van der Waals surface area contributed by atoms with E-state index in [0.717, 1.165) is 11.3 Å². The third-order valence-corrected chi connectivity index (χ3v) is 7.11. The van der Waals surface area contributed by atoms with E-state index in [-0.39, 0.29) is 6.04 Å². The SMILES string of the molecule is Cn1cc(-c2ccnc(N3CCC(NS(=O)(=O)c4cccs4)C3)n2)cn1. The van der Waals surface area contributed by atoms with Crippen molar-refractivity contribution in [3.8, 4) is 11.3 Å². The maximum Gasteiger partial charge on any atom is 0.250 e. The summed E-state index contributed by atoms with van der Waals surface area (Å²) in [5, 5.41) is 5.92. The zero-order valence-corrected chi connectivity index (χ0v) is 15.7. The summed E-state index contributed by atoms with van der Waals surface area (Å²) in [6.07, 6.45) is 6.08. The summed E-state index contributed by atoms with van der Waals surface area (Å²) in [7, 11) is -1.61. The summed E-state index contributed by atoms with van der Waals surface area (Å²) in [5.74, 6) is 0.601. The van der Waals surface area contributed by atoms with Crippen LogP contribution in [-0.4, -0.2) is 47.3 Å². The minimum atomic E-state index is -3.46. The Kier molecular flexibility index (Phi) is 4.47. The van der Waals surface area contributed by atoms with Gasteiger partial charge in [0, 0.05) is 44.1 Å². The molecule has 1 saturated heterocycles. The first kappa shape index (κ1) is 17.1. The minimum Gasteiger partial charge on any atom is -0.339 e. The molecular formula is C16H18N6O2S2. The van der Waals surface area contributed by atoms with Crippen molar-refractivity contribution in [2.45, 2.75) is 16.7 Å². The Labute approximate surface area is 155 Å². The lowest BCUT2D eigenvalue weighted by Gasteiger charge is -2.17. The van der Waals surface area contributed by atoms with Crippen LogP contribution in [0.15, 0.2) is 46.4 Å². The predicted molar refractivity (Wildman–Crippen MR) is 99.5 cm³/mol. The van der Waals surface area contributed by atoms with Gasteiger partial charge in [-0.1, -0.05) is 6.07 Å². The Balaban J connectivity index is 1.47. The zero-order valence-electron chi connectivity index (χ0n) is 14.1. The first-order valence-corrected chi connectivity index (χ1v) is 10.5. The highest BCUT2D eigenvalue weighted by molar-refractivity contribution is 7.91. The number of hydrogen-bond acceptors (Lipinski definition) is 7. The highest BCUT2D eigenvalue weighted by Crippen LogP contribution is 2.22. The molecule has 3 aromatic heterocycles. The fourth-order valence-electron chi connectivity index (χ4n) is 2.95. The van der Waals surface area contributed by atoms with Gasteiger partial charge in [0.1, 0.15) is 4.21 Å². The largest absolute Gasteiger partial charge is 0.339 e. The molecule has 0 spiro atoms. The highest BCUT2D eigenvalue weighted by atomic mass is 32.2. The van der Waals surface area contributed by atoms with Crippen LogP contribution in [0.5, 0.6) is 0 Å². The first-order valence-electron chi connectivity index (χ1n) is 8.14. The third-order valence-electron chi connectivity index (χ3n) is 4.20. The zero-order chi connectivity index (χ0) is 18.1. The number of rotatable bonds is 5. The molecule has 0 aliphatic carbocycles. The lowest BCUT2D eigenvalue weighted by atomic mass is 10.2. The van der Waals surface area contributed by atoms with Gasteiger partial charge in [0.25, 0.3) is 0 Å². The Morgan fingerprint density at radius 1 is 1.35 bits per heavy atom. The van der Waals surface area contributed by atoms with Crippen LogP contribution in [-0.2, 0) is 17.1 Å². The van der Waals surface area contributed by atoms with E-state index in [1.807, 2.05) is 24.2 Å². The molecule has 0 radical (unpaired) electrons. The van der Waals surface area contributed by atoms with Gasteiger partial charge in [-0.2, -0.15) is 5.10 Å². The molecule has 3 aromatic rings. The summed E-state index contributed by atoms with van der Waals surface area (Å²) in [5.41, 5.74) is 1.72. The second kappa shape index (κ2) is 6.78. The molecule has 0 amide bonds. The number of aromatic nitrogens is 4. The first-order chi connectivity index (χ1) is 12.5. The monoisotopic (exact) mass is 390 g/mol. The molecule has 1 aliphatic rings. The molecule has 1 aliphatic heterocycles. The van der Waals surface area contributed by atoms with Gasteiger partial charge in [0.2, 0.25) is 16.0 Å². The van der Waals surface area contributed by atoms with Crippen LogP contribution in [0, 0.1) is 0 Å². The number of hydrogen-bond donors (Lipinski definition) is 1. The van der Waals surface area contributed by atoms with Gasteiger partial charge < -0.3 is 4.90 Å². The van der Waals surface area contributed by atoms with Gasteiger partial charge in [0.15, 0.2) is 0 Å². The van der Waals surface area contributed by atoms with E-state index in [9.17, 15) is 8.42 Å². The van der Waals surface area contributed by atoms with Crippen LogP contribution in [0.4, 0.5) is 5.95 Å². The van der Waals surface area contributed by atoms with Gasteiger partial charge >= 0.3 is 0 Å². The molecule has 26 heavy (non-hydrogen) atoms. The van der Waals surface area contributed by atoms with E-state index in [1.165, 1.54) is 11.3 Å². The Morgan fingerprint density at radius 3 is 2.96 bits per heavy atom. The van der Waals surface area contributed by atoms with E-state index in [2.05, 4.69) is 19.8 Å². The Hall–Kier alpha value is -2.30. The standard InChI is InChI=1S/C16H18N6O2S2/c1-21-10-12(9-18-21)14-4-6-17-16(19-14)22-7-5-13(11-22)20-26(23,24)15-3-2-8-25-15/h2-4,6,8-10,13,20H,5,7,11H2,1H3. The number of sulfonamides is 1. The van der Waals surface area contributed by atoms with E-state index >= 15 is 0 Å². The average molecular weight is 390 g/mol. The maximum absolute atomic E-state index is 12.4. The summed E-state index contributed by atoms with van der Waals surface area (Å²) in [6, 6.07) is 5.03. The Morgan fingerprint density at radius 2 is 2.23 bits per heavy atom. The fraction of sp³-hybridized carbons (Fsp3) is 0.312. The van der Waals surface area contributed by atoms with Crippen molar-refractivity contribution in [3.05, 3.63) is 42.2 Å². The van der Waals surface area contributed by atoms with E-state index < -0.39 is 10.0 Å². The molecule has 0 bridgehead atoms. The van der Waals surface area contributed by atoms with Crippen molar-refractivity contribution in [1.82, 2.24) is 24.5 Å². The van der Waals surface area contributed by atoms with Crippen LogP contribution >= 0.6 is 11.3 Å². The van der Waals surface area contributed by atoms with Gasteiger partial charge in [0.05, 0.1) is 11.9 Å². The Bertz CT molecular complexity index is 999. The van der Waals surface area contributed by atoms with Crippen molar-refractivity contribution in [2.75, 3.05) is 18.0 Å². The van der Waals surface area contributed by atoms with Crippen molar-refractivity contribution in [1.29, 1.82) is 0 Å². The number of aryl methyl sites for hydroxylation is 1. The summed E-state index contributed by atoms with van der Waals surface area (Å²) < 4.78 is 29.6. The normalized spacial score (nSPS) is 17.7.